The third-order valence-corrected chi connectivity index (χ3v) is 4.43. The predicted octanol–water partition coefficient (Wildman–Crippen LogP) is 5.56. The minimum atomic E-state index is -0.548. The van der Waals surface area contributed by atoms with Crippen molar-refractivity contribution in [1.29, 1.82) is 0 Å². The Balaban J connectivity index is 1.81. The molecule has 25 heavy (non-hydrogen) atoms. The van der Waals surface area contributed by atoms with Gasteiger partial charge in [-0.05, 0) is 71.9 Å². The van der Waals surface area contributed by atoms with Crippen molar-refractivity contribution in [2.24, 2.45) is 0 Å². The maximum atomic E-state index is 13.8. The molecular weight excluding hydrogens is 340 g/mol. The Bertz CT molecular complexity index is 908. The van der Waals surface area contributed by atoms with Crippen LogP contribution in [0, 0.1) is 11.6 Å². The molecule has 0 atom stereocenters. The molecule has 1 aliphatic heterocycles. The van der Waals surface area contributed by atoms with E-state index in [2.05, 4.69) is 5.32 Å². The van der Waals surface area contributed by atoms with Gasteiger partial charge >= 0.3 is 0 Å². The van der Waals surface area contributed by atoms with Crippen LogP contribution in [0.25, 0.3) is 0 Å². The average molecular weight is 353 g/mol. The van der Waals surface area contributed by atoms with E-state index >= 15 is 0 Å². The van der Waals surface area contributed by atoms with Gasteiger partial charge in [0.2, 0.25) is 0 Å². The number of benzene rings is 3. The van der Waals surface area contributed by atoms with E-state index in [1.807, 2.05) is 18.2 Å². The third-order valence-electron chi connectivity index (χ3n) is 4.12. The molecule has 0 fully saturated rings. The van der Waals surface area contributed by atoms with E-state index in [4.69, 9.17) is 17.0 Å². The Hall–Kier alpha value is -2.79. The number of ether oxygens (including phenoxy) is 1. The molecular formula is C20H13F2NOS. The van der Waals surface area contributed by atoms with Gasteiger partial charge in [0.25, 0.3) is 0 Å². The predicted molar refractivity (Wildman–Crippen MR) is 97.6 cm³/mol. The fourth-order valence-electron chi connectivity index (χ4n) is 3.00. The normalized spacial score (nSPS) is 12.7. The summed E-state index contributed by atoms with van der Waals surface area (Å²) in [5.41, 5.74) is 2.70. The van der Waals surface area contributed by atoms with Crippen LogP contribution in [0.15, 0.2) is 66.7 Å². The SMILES string of the molecule is Fc1ccc2c(c1)C(C(=S)Oc1ccccc1)c1cc(F)ccc1N2. The molecule has 1 aliphatic rings. The number of halogens is 2. The third kappa shape index (κ3) is 2.98. The zero-order valence-corrected chi connectivity index (χ0v) is 13.8. The summed E-state index contributed by atoms with van der Waals surface area (Å²) in [6.07, 6.45) is 0. The number of anilines is 2. The lowest BCUT2D eigenvalue weighted by molar-refractivity contribution is 0.541. The monoisotopic (exact) mass is 353 g/mol. The molecule has 0 bridgehead atoms. The highest BCUT2D eigenvalue weighted by Gasteiger charge is 2.31. The van der Waals surface area contributed by atoms with Crippen LogP contribution >= 0.6 is 12.2 Å². The molecule has 0 saturated carbocycles. The molecule has 0 radical (unpaired) electrons. The summed E-state index contributed by atoms with van der Waals surface area (Å²) < 4.78 is 33.5. The van der Waals surface area contributed by atoms with Crippen LogP contribution in [-0.2, 0) is 0 Å². The quantitative estimate of drug-likeness (QED) is 0.610. The lowest BCUT2D eigenvalue weighted by Crippen LogP contribution is -2.23. The van der Waals surface area contributed by atoms with Crippen molar-refractivity contribution in [2.75, 3.05) is 5.32 Å². The minimum Gasteiger partial charge on any atom is -0.449 e. The molecule has 0 unspecified atom stereocenters. The first-order valence-electron chi connectivity index (χ1n) is 7.74. The topological polar surface area (TPSA) is 21.3 Å². The highest BCUT2D eigenvalue weighted by Crippen LogP contribution is 2.43. The Morgan fingerprint density at radius 2 is 1.40 bits per heavy atom. The first-order chi connectivity index (χ1) is 12.1. The fraction of sp³-hybridized carbons (Fsp3) is 0.0500. The first kappa shape index (κ1) is 15.7. The molecule has 0 amide bonds. The Labute approximate surface area is 149 Å². The van der Waals surface area contributed by atoms with E-state index < -0.39 is 5.92 Å². The van der Waals surface area contributed by atoms with Gasteiger partial charge in [-0.1, -0.05) is 18.2 Å². The van der Waals surface area contributed by atoms with Crippen LogP contribution in [0.5, 0.6) is 5.75 Å². The second kappa shape index (κ2) is 6.26. The van der Waals surface area contributed by atoms with Gasteiger partial charge in [0, 0.05) is 11.4 Å². The molecule has 0 saturated heterocycles. The fourth-order valence-corrected chi connectivity index (χ4v) is 3.35. The molecule has 4 rings (SSSR count). The maximum Gasteiger partial charge on any atom is 0.179 e. The van der Waals surface area contributed by atoms with Gasteiger partial charge in [0.1, 0.15) is 17.4 Å². The van der Waals surface area contributed by atoms with E-state index in [-0.39, 0.29) is 16.7 Å². The zero-order chi connectivity index (χ0) is 17.4. The van der Waals surface area contributed by atoms with E-state index in [1.165, 1.54) is 24.3 Å². The van der Waals surface area contributed by atoms with Gasteiger partial charge in [-0.3, -0.25) is 0 Å². The van der Waals surface area contributed by atoms with Crippen molar-refractivity contribution in [3.63, 3.8) is 0 Å². The summed E-state index contributed by atoms with van der Waals surface area (Å²) in [5.74, 6) is -0.726. The largest absolute Gasteiger partial charge is 0.449 e. The van der Waals surface area contributed by atoms with Crippen LogP contribution < -0.4 is 10.1 Å². The van der Waals surface area contributed by atoms with E-state index in [9.17, 15) is 8.78 Å². The van der Waals surface area contributed by atoms with Crippen molar-refractivity contribution >= 4 is 28.6 Å². The smallest absolute Gasteiger partial charge is 0.179 e. The Morgan fingerprint density at radius 3 is 1.96 bits per heavy atom. The summed E-state index contributed by atoms with van der Waals surface area (Å²) in [5, 5.41) is 3.44. The highest BCUT2D eigenvalue weighted by atomic mass is 32.1. The van der Waals surface area contributed by atoms with Gasteiger partial charge in [-0.15, -0.1) is 0 Å². The van der Waals surface area contributed by atoms with Gasteiger partial charge < -0.3 is 10.1 Å². The summed E-state index contributed by atoms with van der Waals surface area (Å²) in [7, 11) is 0. The molecule has 0 aliphatic carbocycles. The van der Waals surface area contributed by atoms with Crippen molar-refractivity contribution in [3.8, 4) is 5.75 Å². The molecule has 124 valence electrons. The number of para-hydroxylation sites is 1. The van der Waals surface area contributed by atoms with Crippen LogP contribution in [0.2, 0.25) is 0 Å². The summed E-state index contributed by atoms with van der Waals surface area (Å²) in [6.45, 7) is 0. The van der Waals surface area contributed by atoms with Crippen LogP contribution in [-0.4, -0.2) is 5.05 Å². The number of nitrogens with one attached hydrogen (secondary N) is 1. The Morgan fingerprint density at radius 1 is 0.840 bits per heavy atom. The summed E-state index contributed by atoms with van der Waals surface area (Å²) in [4.78, 5) is 0. The van der Waals surface area contributed by atoms with Gasteiger partial charge in [0.05, 0.1) is 5.92 Å². The minimum absolute atomic E-state index is 0.242. The van der Waals surface area contributed by atoms with Crippen molar-refractivity contribution in [3.05, 3.63) is 89.5 Å². The second-order valence-corrected chi connectivity index (χ2v) is 6.16. The van der Waals surface area contributed by atoms with Gasteiger partial charge in [-0.2, -0.15) is 0 Å². The number of hydrogen-bond acceptors (Lipinski definition) is 3. The van der Waals surface area contributed by atoms with E-state index in [0.29, 0.717) is 16.9 Å². The molecule has 1 N–H and O–H groups in total. The highest BCUT2D eigenvalue weighted by molar-refractivity contribution is 7.80. The Kier molecular flexibility index (Phi) is 3.93. The molecule has 2 nitrogen and oxygen atoms in total. The van der Waals surface area contributed by atoms with Crippen LogP contribution in [0.4, 0.5) is 20.2 Å². The standard InChI is InChI=1S/C20H13F2NOS/c21-12-6-8-17-15(10-12)19(16-11-13(22)7-9-18(16)23-17)20(25)24-14-4-2-1-3-5-14/h1-11,19,23H. The molecule has 0 spiro atoms. The van der Waals surface area contributed by atoms with Crippen LogP contribution in [0.1, 0.15) is 17.0 Å². The van der Waals surface area contributed by atoms with E-state index in [0.717, 1.165) is 11.4 Å². The maximum absolute atomic E-state index is 13.8. The van der Waals surface area contributed by atoms with Gasteiger partial charge in [0.15, 0.2) is 5.05 Å². The number of hydrogen-bond donors (Lipinski definition) is 1. The van der Waals surface area contributed by atoms with Crippen molar-refractivity contribution in [1.82, 2.24) is 0 Å². The lowest BCUT2D eigenvalue weighted by atomic mass is 9.86. The number of fused-ring (bicyclic) bond motifs is 2. The molecule has 0 aromatic heterocycles. The zero-order valence-electron chi connectivity index (χ0n) is 13.0. The average Bonchev–Trinajstić information content (AvgIpc) is 2.60. The molecule has 1 heterocycles. The number of thiocarbonyl (C=S) groups is 1. The molecule has 3 aromatic carbocycles. The van der Waals surface area contributed by atoms with Crippen molar-refractivity contribution in [2.45, 2.75) is 5.92 Å². The second-order valence-electron chi connectivity index (χ2n) is 5.76. The summed E-state index contributed by atoms with van der Waals surface area (Å²) >= 11 is 5.50. The first-order valence-corrected chi connectivity index (χ1v) is 8.15. The molecule has 3 aromatic rings. The van der Waals surface area contributed by atoms with Gasteiger partial charge in [-0.25, -0.2) is 8.78 Å². The lowest BCUT2D eigenvalue weighted by Gasteiger charge is -2.29. The summed E-state index contributed by atoms with van der Waals surface area (Å²) in [6, 6.07) is 18.0. The van der Waals surface area contributed by atoms with Crippen LogP contribution in [0.3, 0.4) is 0 Å². The van der Waals surface area contributed by atoms with Crippen molar-refractivity contribution < 1.29 is 13.5 Å². The van der Waals surface area contributed by atoms with E-state index in [1.54, 1.807) is 24.3 Å². The number of rotatable bonds is 2. The molecule has 5 heteroatoms.